The second-order valence-electron chi connectivity index (χ2n) is 7.24. The minimum absolute atomic E-state index is 0.0352. The summed E-state index contributed by atoms with van der Waals surface area (Å²) in [7, 11) is 0. The fourth-order valence-corrected chi connectivity index (χ4v) is 3.35. The molecule has 25 heavy (non-hydrogen) atoms. The maximum Gasteiger partial charge on any atom is 0.215 e. The van der Waals surface area contributed by atoms with Gasteiger partial charge in [0, 0.05) is 19.8 Å². The number of nitrogens with zero attached hydrogens (tertiary/aromatic N) is 1. The Labute approximate surface area is 147 Å². The number of Topliss-reactive ketones (excluding diaryl/α,β-unsaturated/α-hetero) is 2. The lowest BCUT2D eigenvalue weighted by atomic mass is 9.74. The normalized spacial score (nSPS) is 23.8. The van der Waals surface area contributed by atoms with Crippen LogP contribution in [0.15, 0.2) is 53.1 Å². The molecule has 0 spiro atoms. The van der Waals surface area contributed by atoms with Gasteiger partial charge in [0.25, 0.3) is 0 Å². The van der Waals surface area contributed by atoms with E-state index in [-0.39, 0.29) is 28.4 Å². The molecule has 1 atom stereocenters. The Morgan fingerprint density at radius 1 is 1.28 bits per heavy atom. The zero-order valence-electron chi connectivity index (χ0n) is 14.6. The van der Waals surface area contributed by atoms with Gasteiger partial charge in [-0.05, 0) is 11.0 Å². The van der Waals surface area contributed by atoms with Gasteiger partial charge in [-0.1, -0.05) is 44.2 Å². The molecule has 1 unspecified atom stereocenters. The van der Waals surface area contributed by atoms with E-state index in [4.69, 9.17) is 4.74 Å². The van der Waals surface area contributed by atoms with Crippen molar-refractivity contribution in [3.8, 4) is 6.07 Å². The molecule has 1 N–H and O–H groups in total. The quantitative estimate of drug-likeness (QED) is 0.662. The molecular weight excluding hydrogens is 316 g/mol. The van der Waals surface area contributed by atoms with E-state index in [1.54, 1.807) is 0 Å². The van der Waals surface area contributed by atoms with Gasteiger partial charge in [0.1, 0.15) is 11.8 Å². The first-order chi connectivity index (χ1) is 11.8. The summed E-state index contributed by atoms with van der Waals surface area (Å²) >= 11 is 0. The summed E-state index contributed by atoms with van der Waals surface area (Å²) < 4.78 is 5.85. The van der Waals surface area contributed by atoms with Crippen LogP contribution in [0, 0.1) is 16.7 Å². The lowest BCUT2D eigenvalue weighted by Gasteiger charge is -2.39. The lowest BCUT2D eigenvalue weighted by molar-refractivity contribution is -0.119. The zero-order valence-corrected chi connectivity index (χ0v) is 14.6. The lowest BCUT2D eigenvalue weighted by Crippen LogP contribution is -2.39. The Kier molecular flexibility index (Phi) is 4.22. The van der Waals surface area contributed by atoms with Crippen LogP contribution in [0.2, 0.25) is 0 Å². The van der Waals surface area contributed by atoms with Crippen LogP contribution in [0.4, 0.5) is 0 Å². The van der Waals surface area contributed by atoms with Crippen LogP contribution in [-0.4, -0.2) is 11.6 Å². The number of hydrogen-bond donors (Lipinski definition) is 1. The Balaban J connectivity index is 2.17. The van der Waals surface area contributed by atoms with Crippen molar-refractivity contribution in [1.82, 2.24) is 5.32 Å². The van der Waals surface area contributed by atoms with Gasteiger partial charge in [0.2, 0.25) is 5.88 Å². The Bertz CT molecular complexity index is 841. The number of nitrogens with one attached hydrogen (secondary N) is 1. The third kappa shape index (κ3) is 3.20. The van der Waals surface area contributed by atoms with E-state index in [2.05, 4.69) is 5.32 Å². The molecule has 1 aliphatic heterocycles. The van der Waals surface area contributed by atoms with Crippen molar-refractivity contribution in [3.05, 3.63) is 58.7 Å². The van der Waals surface area contributed by atoms with Crippen molar-refractivity contribution in [3.63, 3.8) is 0 Å². The molecule has 5 nitrogen and oxygen atoms in total. The average molecular weight is 336 g/mol. The third-order valence-electron chi connectivity index (χ3n) is 4.49. The van der Waals surface area contributed by atoms with Crippen LogP contribution in [0.1, 0.15) is 45.2 Å². The maximum atomic E-state index is 12.8. The van der Waals surface area contributed by atoms with Crippen molar-refractivity contribution < 1.29 is 14.3 Å². The van der Waals surface area contributed by atoms with Crippen LogP contribution >= 0.6 is 0 Å². The molecule has 1 heterocycles. The van der Waals surface area contributed by atoms with Crippen LogP contribution < -0.4 is 5.32 Å². The smallest absolute Gasteiger partial charge is 0.215 e. The van der Waals surface area contributed by atoms with Gasteiger partial charge in [0.05, 0.1) is 11.6 Å². The number of carbonyl (C=O) groups excluding carboxylic acids is 2. The first-order valence-electron chi connectivity index (χ1n) is 8.23. The average Bonchev–Trinajstić information content (AvgIpc) is 2.53. The summed E-state index contributed by atoms with van der Waals surface area (Å²) in [6.07, 6.45) is 1.02. The molecule has 0 amide bonds. The van der Waals surface area contributed by atoms with E-state index < -0.39 is 6.04 Å². The van der Waals surface area contributed by atoms with Crippen LogP contribution in [0.3, 0.4) is 0 Å². The van der Waals surface area contributed by atoms with Gasteiger partial charge in [0.15, 0.2) is 17.1 Å². The SMILES string of the molecule is CC(=O)/C(C#N)=C1\NC(c2ccccc2)C2=C(CC(C)(C)CC2=O)O1. The highest BCUT2D eigenvalue weighted by Gasteiger charge is 2.41. The molecule has 0 saturated carbocycles. The predicted octanol–water partition coefficient (Wildman–Crippen LogP) is 3.31. The molecule has 3 rings (SSSR count). The summed E-state index contributed by atoms with van der Waals surface area (Å²) in [6.45, 7) is 5.35. The van der Waals surface area contributed by atoms with Crippen molar-refractivity contribution in [2.24, 2.45) is 5.41 Å². The number of ketones is 2. The van der Waals surface area contributed by atoms with E-state index in [9.17, 15) is 14.9 Å². The van der Waals surface area contributed by atoms with Gasteiger partial charge in [-0.25, -0.2) is 0 Å². The van der Waals surface area contributed by atoms with E-state index >= 15 is 0 Å². The zero-order chi connectivity index (χ0) is 18.2. The highest BCUT2D eigenvalue weighted by atomic mass is 16.5. The maximum absolute atomic E-state index is 12.8. The highest BCUT2D eigenvalue weighted by Crippen LogP contribution is 2.44. The first-order valence-corrected chi connectivity index (χ1v) is 8.23. The summed E-state index contributed by atoms with van der Waals surface area (Å²) in [5.41, 5.74) is 1.20. The Morgan fingerprint density at radius 3 is 2.56 bits per heavy atom. The van der Waals surface area contributed by atoms with Crippen LogP contribution in [0.5, 0.6) is 0 Å². The molecule has 128 valence electrons. The van der Waals surface area contributed by atoms with E-state index in [0.717, 1.165) is 5.56 Å². The topological polar surface area (TPSA) is 79.2 Å². The van der Waals surface area contributed by atoms with E-state index in [0.29, 0.717) is 24.2 Å². The molecule has 0 aromatic heterocycles. The number of ether oxygens (including phenoxy) is 1. The van der Waals surface area contributed by atoms with Crippen molar-refractivity contribution in [1.29, 1.82) is 5.26 Å². The summed E-state index contributed by atoms with van der Waals surface area (Å²) in [4.78, 5) is 24.6. The van der Waals surface area contributed by atoms with Gasteiger partial charge in [-0.15, -0.1) is 0 Å². The fourth-order valence-electron chi connectivity index (χ4n) is 3.35. The monoisotopic (exact) mass is 336 g/mol. The van der Waals surface area contributed by atoms with Crippen LogP contribution in [-0.2, 0) is 14.3 Å². The molecule has 0 bridgehead atoms. The minimum atomic E-state index is -0.425. The largest absolute Gasteiger partial charge is 0.444 e. The molecule has 2 aliphatic rings. The number of carbonyl (C=O) groups is 2. The minimum Gasteiger partial charge on any atom is -0.444 e. The van der Waals surface area contributed by atoms with E-state index in [1.807, 2.05) is 50.2 Å². The number of rotatable bonds is 2. The molecular formula is C20H20N2O3. The third-order valence-corrected chi connectivity index (χ3v) is 4.49. The Hall–Kier alpha value is -2.87. The summed E-state index contributed by atoms with van der Waals surface area (Å²) in [5, 5.41) is 12.4. The molecule has 1 aromatic rings. The molecule has 1 aromatic carbocycles. The van der Waals surface area contributed by atoms with Gasteiger partial charge in [-0.3, -0.25) is 9.59 Å². The molecule has 5 heteroatoms. The van der Waals surface area contributed by atoms with E-state index in [1.165, 1.54) is 6.92 Å². The van der Waals surface area contributed by atoms with Gasteiger partial charge in [-0.2, -0.15) is 5.26 Å². The van der Waals surface area contributed by atoms with Crippen molar-refractivity contribution >= 4 is 11.6 Å². The van der Waals surface area contributed by atoms with Crippen LogP contribution in [0.25, 0.3) is 0 Å². The molecule has 0 fully saturated rings. The van der Waals surface area contributed by atoms with Gasteiger partial charge >= 0.3 is 0 Å². The first kappa shape index (κ1) is 17.0. The number of benzene rings is 1. The highest BCUT2D eigenvalue weighted by molar-refractivity contribution is 6.00. The number of allylic oxidation sites excluding steroid dienone is 2. The molecule has 0 saturated heterocycles. The Morgan fingerprint density at radius 2 is 1.96 bits per heavy atom. The summed E-state index contributed by atoms with van der Waals surface area (Å²) in [6, 6.07) is 11.0. The summed E-state index contributed by atoms with van der Waals surface area (Å²) in [5.74, 6) is 0.348. The van der Waals surface area contributed by atoms with Crippen molar-refractivity contribution in [2.75, 3.05) is 0 Å². The second-order valence-corrected chi connectivity index (χ2v) is 7.24. The molecule has 1 aliphatic carbocycles. The second kappa shape index (κ2) is 6.21. The number of hydrogen-bond acceptors (Lipinski definition) is 5. The van der Waals surface area contributed by atoms with Gasteiger partial charge < -0.3 is 10.1 Å². The molecule has 0 radical (unpaired) electrons. The number of nitriles is 1. The predicted molar refractivity (Wildman–Crippen MR) is 91.8 cm³/mol. The van der Waals surface area contributed by atoms with Crippen molar-refractivity contribution in [2.45, 2.75) is 39.7 Å². The standard InChI is InChI=1S/C20H20N2O3/c1-12(23)14(11-21)19-22-18(13-7-5-4-6-8-13)17-15(24)9-20(2,3)10-16(17)25-19/h4-8,18,22H,9-10H2,1-3H3/b19-14+. The fraction of sp³-hybridized carbons (Fsp3) is 0.350.